The molecule has 0 bridgehead atoms. The second-order valence-electron chi connectivity index (χ2n) is 4.13. The van der Waals surface area contributed by atoms with E-state index in [4.69, 9.17) is 9.15 Å². The third kappa shape index (κ3) is 3.08. The van der Waals surface area contributed by atoms with E-state index >= 15 is 0 Å². The molecule has 1 aromatic heterocycles. The molecule has 2 unspecified atom stereocenters. The van der Waals surface area contributed by atoms with Gasteiger partial charge in [0.2, 0.25) is 0 Å². The summed E-state index contributed by atoms with van der Waals surface area (Å²) in [5.41, 5.74) is 1.22. The van der Waals surface area contributed by atoms with Crippen molar-refractivity contribution in [2.45, 2.75) is 44.9 Å². The van der Waals surface area contributed by atoms with Gasteiger partial charge in [-0.3, -0.25) is 0 Å². The van der Waals surface area contributed by atoms with Gasteiger partial charge in [-0.2, -0.15) is 0 Å². The minimum atomic E-state index is 0.445. The molecule has 0 saturated carbocycles. The molecule has 1 fully saturated rings. The molecule has 84 valence electrons. The maximum absolute atomic E-state index is 5.64. The van der Waals surface area contributed by atoms with E-state index < -0.39 is 0 Å². The topological polar surface area (TPSA) is 34.4 Å². The van der Waals surface area contributed by atoms with E-state index in [1.165, 1.54) is 5.56 Å². The summed E-state index contributed by atoms with van der Waals surface area (Å²) >= 11 is 0. The molecular weight excluding hydrogens is 190 g/mol. The van der Waals surface area contributed by atoms with Crippen LogP contribution in [0.3, 0.4) is 0 Å². The predicted octanol–water partition coefficient (Wildman–Crippen LogP) is 2.33. The van der Waals surface area contributed by atoms with E-state index in [0.717, 1.165) is 32.4 Å². The van der Waals surface area contributed by atoms with Crippen LogP contribution in [0.25, 0.3) is 0 Å². The van der Waals surface area contributed by atoms with Crippen LogP contribution in [0.4, 0.5) is 0 Å². The lowest BCUT2D eigenvalue weighted by molar-refractivity contribution is -0.000323. The zero-order valence-electron chi connectivity index (χ0n) is 9.24. The maximum atomic E-state index is 5.64. The summed E-state index contributed by atoms with van der Waals surface area (Å²) in [4.78, 5) is 0. The van der Waals surface area contributed by atoms with Crippen LogP contribution in [-0.2, 0) is 11.3 Å². The molecule has 15 heavy (non-hydrogen) atoms. The third-order valence-corrected chi connectivity index (χ3v) is 3.00. The zero-order valence-corrected chi connectivity index (χ0v) is 9.24. The molecule has 0 spiro atoms. The van der Waals surface area contributed by atoms with Crippen molar-refractivity contribution in [2.24, 2.45) is 0 Å². The van der Waals surface area contributed by atoms with Gasteiger partial charge >= 0.3 is 0 Å². The summed E-state index contributed by atoms with van der Waals surface area (Å²) in [6.07, 6.45) is 7.33. The van der Waals surface area contributed by atoms with Gasteiger partial charge in [0.25, 0.3) is 0 Å². The Bertz CT molecular complexity index is 271. The Hall–Kier alpha value is -0.800. The molecule has 0 aliphatic carbocycles. The summed E-state index contributed by atoms with van der Waals surface area (Å²) in [6, 6.07) is 2.60. The van der Waals surface area contributed by atoms with E-state index in [2.05, 4.69) is 12.2 Å². The van der Waals surface area contributed by atoms with Gasteiger partial charge in [-0.1, -0.05) is 6.92 Å². The predicted molar refractivity (Wildman–Crippen MR) is 58.6 cm³/mol. The van der Waals surface area contributed by atoms with E-state index in [1.807, 2.05) is 6.07 Å². The highest BCUT2D eigenvalue weighted by Crippen LogP contribution is 2.16. The molecule has 1 saturated heterocycles. The zero-order chi connectivity index (χ0) is 10.5. The number of hydrogen-bond acceptors (Lipinski definition) is 3. The second kappa shape index (κ2) is 5.33. The van der Waals surface area contributed by atoms with Crippen molar-refractivity contribution in [3.05, 3.63) is 24.2 Å². The van der Waals surface area contributed by atoms with E-state index in [1.54, 1.807) is 12.5 Å². The first-order valence-electron chi connectivity index (χ1n) is 5.74. The van der Waals surface area contributed by atoms with E-state index in [9.17, 15) is 0 Å². The lowest BCUT2D eigenvalue weighted by Crippen LogP contribution is -2.38. The lowest BCUT2D eigenvalue weighted by atomic mass is 10.0. The monoisotopic (exact) mass is 209 g/mol. The van der Waals surface area contributed by atoms with Gasteiger partial charge in [-0.15, -0.1) is 0 Å². The fourth-order valence-electron chi connectivity index (χ4n) is 2.01. The number of rotatable bonds is 4. The Kier molecular flexibility index (Phi) is 3.80. The van der Waals surface area contributed by atoms with Gasteiger partial charge in [-0.05, 0) is 25.3 Å². The summed E-state index contributed by atoms with van der Waals surface area (Å²) < 4.78 is 10.7. The van der Waals surface area contributed by atoms with Gasteiger partial charge < -0.3 is 14.5 Å². The molecule has 1 aromatic rings. The quantitative estimate of drug-likeness (QED) is 0.826. The SMILES string of the molecule is CCC1CC(NCc2ccoc2)CCO1. The summed E-state index contributed by atoms with van der Waals surface area (Å²) in [6.45, 7) is 3.97. The van der Waals surface area contributed by atoms with Crippen LogP contribution in [0.5, 0.6) is 0 Å². The van der Waals surface area contributed by atoms with Crippen molar-refractivity contribution in [1.29, 1.82) is 0 Å². The van der Waals surface area contributed by atoms with Crippen molar-refractivity contribution in [2.75, 3.05) is 6.61 Å². The molecule has 0 aromatic carbocycles. The standard InChI is InChI=1S/C12H19NO2/c1-2-12-7-11(4-6-15-12)13-8-10-3-5-14-9-10/h3,5,9,11-13H,2,4,6-8H2,1H3. The van der Waals surface area contributed by atoms with E-state index in [-0.39, 0.29) is 0 Å². The number of furan rings is 1. The van der Waals surface area contributed by atoms with Crippen LogP contribution < -0.4 is 5.32 Å². The van der Waals surface area contributed by atoms with Crippen LogP contribution in [0, 0.1) is 0 Å². The van der Waals surface area contributed by atoms with Gasteiger partial charge in [-0.25, -0.2) is 0 Å². The smallest absolute Gasteiger partial charge is 0.0947 e. The third-order valence-electron chi connectivity index (χ3n) is 3.00. The maximum Gasteiger partial charge on any atom is 0.0947 e. The summed E-state index contributed by atoms with van der Waals surface area (Å²) in [7, 11) is 0. The molecule has 2 atom stereocenters. The number of hydrogen-bond donors (Lipinski definition) is 1. The summed E-state index contributed by atoms with van der Waals surface area (Å²) in [5.74, 6) is 0. The molecule has 0 amide bonds. The largest absolute Gasteiger partial charge is 0.472 e. The second-order valence-corrected chi connectivity index (χ2v) is 4.13. The fraction of sp³-hybridized carbons (Fsp3) is 0.667. The van der Waals surface area contributed by atoms with Crippen LogP contribution in [0.1, 0.15) is 31.7 Å². The molecule has 3 heteroatoms. The molecule has 0 radical (unpaired) electrons. The Morgan fingerprint density at radius 2 is 2.47 bits per heavy atom. The van der Waals surface area contributed by atoms with Gasteiger partial charge in [0, 0.05) is 24.8 Å². The highest BCUT2D eigenvalue weighted by molar-refractivity contribution is 5.04. The van der Waals surface area contributed by atoms with Crippen LogP contribution in [0.15, 0.2) is 23.0 Å². The van der Waals surface area contributed by atoms with Crippen LogP contribution in [-0.4, -0.2) is 18.8 Å². The number of nitrogens with one attached hydrogen (secondary N) is 1. The Labute approximate surface area is 90.8 Å². The first kappa shape index (κ1) is 10.7. The average molecular weight is 209 g/mol. The van der Waals surface area contributed by atoms with Gasteiger partial charge in [0.15, 0.2) is 0 Å². The first-order chi connectivity index (χ1) is 7.38. The fourth-order valence-corrected chi connectivity index (χ4v) is 2.01. The van der Waals surface area contributed by atoms with Crippen molar-refractivity contribution < 1.29 is 9.15 Å². The van der Waals surface area contributed by atoms with Crippen molar-refractivity contribution in [3.63, 3.8) is 0 Å². The molecule has 1 aliphatic heterocycles. The molecule has 1 aliphatic rings. The Morgan fingerprint density at radius 1 is 1.53 bits per heavy atom. The average Bonchev–Trinajstić information content (AvgIpc) is 2.79. The highest BCUT2D eigenvalue weighted by atomic mass is 16.5. The van der Waals surface area contributed by atoms with Crippen LogP contribution >= 0.6 is 0 Å². The van der Waals surface area contributed by atoms with Crippen molar-refractivity contribution in [3.8, 4) is 0 Å². The van der Waals surface area contributed by atoms with Gasteiger partial charge in [0.05, 0.1) is 18.6 Å². The summed E-state index contributed by atoms with van der Waals surface area (Å²) in [5, 5.41) is 3.55. The van der Waals surface area contributed by atoms with Gasteiger partial charge in [0.1, 0.15) is 0 Å². The number of ether oxygens (including phenoxy) is 1. The normalized spacial score (nSPS) is 26.7. The molecule has 1 N–H and O–H groups in total. The molecular formula is C12H19NO2. The first-order valence-corrected chi connectivity index (χ1v) is 5.74. The molecule has 2 rings (SSSR count). The minimum absolute atomic E-state index is 0.445. The van der Waals surface area contributed by atoms with E-state index in [0.29, 0.717) is 12.1 Å². The Balaban J connectivity index is 1.74. The lowest BCUT2D eigenvalue weighted by Gasteiger charge is -2.29. The minimum Gasteiger partial charge on any atom is -0.472 e. The highest BCUT2D eigenvalue weighted by Gasteiger charge is 2.20. The van der Waals surface area contributed by atoms with Crippen molar-refractivity contribution in [1.82, 2.24) is 5.32 Å². The molecule has 3 nitrogen and oxygen atoms in total. The molecule has 2 heterocycles. The van der Waals surface area contributed by atoms with Crippen molar-refractivity contribution >= 4 is 0 Å². The van der Waals surface area contributed by atoms with Crippen LogP contribution in [0.2, 0.25) is 0 Å². The Morgan fingerprint density at radius 3 is 3.20 bits per heavy atom.